The molecule has 0 radical (unpaired) electrons. The molecule has 7 aromatic carbocycles. The molecule has 0 amide bonds. The predicted molar refractivity (Wildman–Crippen MR) is 228 cm³/mol. The van der Waals surface area contributed by atoms with Crippen LogP contribution < -0.4 is 0 Å². The number of nitrogens with zero attached hydrogens (tertiary/aromatic N) is 2. The fourth-order valence-electron chi connectivity index (χ4n) is 8.50. The van der Waals surface area contributed by atoms with E-state index in [2.05, 4.69) is 140 Å². The van der Waals surface area contributed by atoms with Crippen LogP contribution in [0.3, 0.4) is 0 Å². The van der Waals surface area contributed by atoms with Crippen molar-refractivity contribution < 1.29 is 13.3 Å². The molecular formula is C50H34N2O3. The van der Waals surface area contributed by atoms with Gasteiger partial charge in [-0.3, -0.25) is 4.99 Å². The van der Waals surface area contributed by atoms with Gasteiger partial charge in [-0.15, -0.1) is 0 Å². The SMILES string of the molecule is C/C=C\c1c(C)c2ccccc2n1-c1ccc2c(c1)oc1cccc(-c3ccc4oc5cccc(C=NCc6ccc7c(c6)oc6ccccc67)c5c4c3)c12. The van der Waals surface area contributed by atoms with Gasteiger partial charge >= 0.3 is 0 Å². The lowest BCUT2D eigenvalue weighted by molar-refractivity contribution is 0.668. The van der Waals surface area contributed by atoms with Gasteiger partial charge < -0.3 is 17.8 Å². The van der Waals surface area contributed by atoms with E-state index in [1.54, 1.807) is 0 Å². The van der Waals surface area contributed by atoms with Crippen molar-refractivity contribution in [3.8, 4) is 16.8 Å². The van der Waals surface area contributed by atoms with Crippen LogP contribution >= 0.6 is 0 Å². The van der Waals surface area contributed by atoms with Crippen LogP contribution in [0.2, 0.25) is 0 Å². The summed E-state index contributed by atoms with van der Waals surface area (Å²) in [6.07, 6.45) is 6.25. The summed E-state index contributed by atoms with van der Waals surface area (Å²) in [5.41, 5.74) is 14.2. The minimum Gasteiger partial charge on any atom is -0.456 e. The van der Waals surface area contributed by atoms with Gasteiger partial charge in [0.25, 0.3) is 0 Å². The van der Waals surface area contributed by atoms with E-state index in [-0.39, 0.29) is 0 Å². The number of fused-ring (bicyclic) bond motifs is 10. The van der Waals surface area contributed by atoms with E-state index in [1.807, 2.05) is 36.5 Å². The summed E-state index contributed by atoms with van der Waals surface area (Å²) in [4.78, 5) is 4.89. The third-order valence-electron chi connectivity index (χ3n) is 11.0. The maximum atomic E-state index is 6.60. The molecule has 262 valence electrons. The lowest BCUT2D eigenvalue weighted by atomic mass is 9.97. The monoisotopic (exact) mass is 710 g/mol. The molecule has 0 spiro atoms. The van der Waals surface area contributed by atoms with Crippen molar-refractivity contribution in [3.05, 3.63) is 168 Å². The zero-order valence-corrected chi connectivity index (χ0v) is 30.3. The summed E-state index contributed by atoms with van der Waals surface area (Å²) < 4.78 is 21.4. The molecule has 5 heteroatoms. The van der Waals surface area contributed by atoms with Crippen LogP contribution in [0.1, 0.15) is 29.3 Å². The topological polar surface area (TPSA) is 56.7 Å². The van der Waals surface area contributed by atoms with Crippen molar-refractivity contribution in [2.75, 3.05) is 0 Å². The first-order valence-electron chi connectivity index (χ1n) is 18.7. The summed E-state index contributed by atoms with van der Waals surface area (Å²) in [6, 6.07) is 48.6. The number of benzene rings is 7. The zero-order valence-electron chi connectivity index (χ0n) is 30.3. The third kappa shape index (κ3) is 4.90. The Balaban J connectivity index is 0.983. The summed E-state index contributed by atoms with van der Waals surface area (Å²) in [5, 5.41) is 7.79. The number of furan rings is 3. The number of hydrogen-bond acceptors (Lipinski definition) is 4. The Labute approximate surface area is 316 Å². The van der Waals surface area contributed by atoms with E-state index in [1.165, 1.54) is 22.2 Å². The number of aromatic nitrogens is 1. The van der Waals surface area contributed by atoms with E-state index in [4.69, 9.17) is 18.2 Å². The maximum Gasteiger partial charge on any atom is 0.137 e. The standard InChI is InChI=1S/C50H34N2O3/c1-3-10-41-30(2)35-12-4-6-15-42(35)52(41)34-21-23-39-48(27-34)55-46-18-9-14-36(50(39)46)32-20-24-44-40(26-32)49-33(11-8-17-45(49)53-44)29-51-28-31-19-22-38-37-13-5-7-16-43(37)54-47(38)25-31/h3-27,29H,28H2,1-2H3/b10-3-,51-29?. The quantitative estimate of drug-likeness (QED) is 0.161. The molecule has 0 unspecified atom stereocenters. The van der Waals surface area contributed by atoms with E-state index in [9.17, 15) is 0 Å². The van der Waals surface area contributed by atoms with Crippen molar-refractivity contribution in [2.45, 2.75) is 20.4 Å². The Hall–Kier alpha value is -7.11. The molecule has 0 atom stereocenters. The highest BCUT2D eigenvalue weighted by Crippen LogP contribution is 2.41. The lowest BCUT2D eigenvalue weighted by Crippen LogP contribution is -1.96. The molecule has 0 saturated carbocycles. The Kier molecular flexibility index (Phi) is 6.98. The number of para-hydroxylation sites is 2. The van der Waals surface area contributed by atoms with E-state index in [0.29, 0.717) is 6.54 Å². The molecular weight excluding hydrogens is 677 g/mol. The van der Waals surface area contributed by atoms with Crippen LogP contribution in [0.25, 0.3) is 99.6 Å². The molecule has 0 saturated heterocycles. The minimum absolute atomic E-state index is 0.540. The normalized spacial score (nSPS) is 12.5. The van der Waals surface area contributed by atoms with Crippen molar-refractivity contribution in [1.29, 1.82) is 0 Å². The molecule has 4 aromatic heterocycles. The molecule has 0 aliphatic heterocycles. The molecule has 55 heavy (non-hydrogen) atoms. The molecule has 11 aromatic rings. The summed E-state index contributed by atoms with van der Waals surface area (Å²) in [7, 11) is 0. The Morgan fingerprint density at radius 3 is 2.18 bits per heavy atom. The maximum absolute atomic E-state index is 6.60. The van der Waals surface area contributed by atoms with Gasteiger partial charge in [-0.25, -0.2) is 0 Å². The fourth-order valence-corrected chi connectivity index (χ4v) is 8.50. The Bertz CT molecular complexity index is 3380. The van der Waals surface area contributed by atoms with Gasteiger partial charge in [-0.2, -0.15) is 0 Å². The van der Waals surface area contributed by atoms with Crippen LogP contribution in [0.5, 0.6) is 0 Å². The molecule has 0 N–H and O–H groups in total. The molecule has 4 heterocycles. The zero-order chi connectivity index (χ0) is 36.6. The first-order valence-corrected chi connectivity index (χ1v) is 18.7. The lowest BCUT2D eigenvalue weighted by Gasteiger charge is -2.09. The average Bonchev–Trinajstić information content (AvgIpc) is 3.96. The molecule has 0 aliphatic carbocycles. The van der Waals surface area contributed by atoms with Crippen molar-refractivity contribution in [1.82, 2.24) is 4.57 Å². The predicted octanol–water partition coefficient (Wildman–Crippen LogP) is 14.0. The summed E-state index contributed by atoms with van der Waals surface area (Å²) in [6.45, 7) is 4.80. The van der Waals surface area contributed by atoms with Crippen LogP contribution in [0, 0.1) is 6.92 Å². The van der Waals surface area contributed by atoms with Gasteiger partial charge in [0.1, 0.15) is 33.5 Å². The Morgan fingerprint density at radius 2 is 1.27 bits per heavy atom. The number of rotatable bonds is 6. The van der Waals surface area contributed by atoms with E-state index in [0.717, 1.165) is 93.8 Å². The Morgan fingerprint density at radius 1 is 0.564 bits per heavy atom. The van der Waals surface area contributed by atoms with Gasteiger partial charge in [0.05, 0.1) is 12.1 Å². The smallest absolute Gasteiger partial charge is 0.137 e. The van der Waals surface area contributed by atoms with Gasteiger partial charge in [0.2, 0.25) is 0 Å². The van der Waals surface area contributed by atoms with Crippen molar-refractivity contribution >= 4 is 89.0 Å². The number of hydrogen-bond donors (Lipinski definition) is 0. The average molecular weight is 711 g/mol. The fraction of sp³-hybridized carbons (Fsp3) is 0.0600. The number of allylic oxidation sites excluding steroid dienone is 1. The second-order valence-electron chi connectivity index (χ2n) is 14.3. The van der Waals surface area contributed by atoms with Gasteiger partial charge in [0.15, 0.2) is 0 Å². The number of aryl methyl sites for hydroxylation is 1. The summed E-state index contributed by atoms with van der Waals surface area (Å²) in [5.74, 6) is 0. The van der Waals surface area contributed by atoms with E-state index < -0.39 is 0 Å². The number of aliphatic imine (C=N–C) groups is 1. The molecule has 0 bridgehead atoms. The van der Waals surface area contributed by atoms with E-state index >= 15 is 0 Å². The van der Waals surface area contributed by atoms with Crippen LogP contribution in [0.15, 0.2) is 164 Å². The molecule has 11 rings (SSSR count). The second kappa shape index (κ2) is 12.2. The summed E-state index contributed by atoms with van der Waals surface area (Å²) >= 11 is 0. The first kappa shape index (κ1) is 31.4. The van der Waals surface area contributed by atoms with Gasteiger partial charge in [-0.05, 0) is 96.8 Å². The van der Waals surface area contributed by atoms with Crippen LogP contribution in [-0.2, 0) is 6.54 Å². The van der Waals surface area contributed by atoms with Gasteiger partial charge in [-0.1, -0.05) is 84.9 Å². The second-order valence-corrected chi connectivity index (χ2v) is 14.3. The van der Waals surface area contributed by atoms with Gasteiger partial charge in [0, 0.05) is 66.9 Å². The van der Waals surface area contributed by atoms with Crippen molar-refractivity contribution in [2.24, 2.45) is 4.99 Å². The molecule has 0 fully saturated rings. The highest BCUT2D eigenvalue weighted by atomic mass is 16.3. The highest BCUT2D eigenvalue weighted by Gasteiger charge is 2.18. The van der Waals surface area contributed by atoms with Crippen LogP contribution in [0.4, 0.5) is 0 Å². The van der Waals surface area contributed by atoms with Crippen LogP contribution in [-0.4, -0.2) is 10.8 Å². The first-order chi connectivity index (χ1) is 27.1. The third-order valence-corrected chi connectivity index (χ3v) is 11.0. The largest absolute Gasteiger partial charge is 0.456 e. The minimum atomic E-state index is 0.540. The molecule has 5 nitrogen and oxygen atoms in total. The molecule has 0 aliphatic rings. The van der Waals surface area contributed by atoms with Crippen molar-refractivity contribution in [3.63, 3.8) is 0 Å². The highest BCUT2D eigenvalue weighted by molar-refractivity contribution is 6.16.